The zero-order valence-electron chi connectivity index (χ0n) is 14.9. The van der Waals surface area contributed by atoms with Crippen molar-refractivity contribution < 1.29 is 9.59 Å². The summed E-state index contributed by atoms with van der Waals surface area (Å²) in [6, 6.07) is 2.12. The van der Waals surface area contributed by atoms with E-state index in [-0.39, 0.29) is 11.8 Å². The van der Waals surface area contributed by atoms with E-state index < -0.39 is 0 Å². The van der Waals surface area contributed by atoms with E-state index in [0.717, 1.165) is 64.7 Å². The Morgan fingerprint density at radius 3 is 3.08 bits per heavy atom. The summed E-state index contributed by atoms with van der Waals surface area (Å²) in [6.45, 7) is 4.12. The lowest BCUT2D eigenvalue weighted by Gasteiger charge is -2.22. The lowest BCUT2D eigenvalue weighted by molar-refractivity contribution is -0.130. The van der Waals surface area contributed by atoms with Gasteiger partial charge in [0.15, 0.2) is 0 Å². The van der Waals surface area contributed by atoms with Crippen molar-refractivity contribution in [2.75, 3.05) is 32.7 Å². The third kappa shape index (κ3) is 5.04. The summed E-state index contributed by atoms with van der Waals surface area (Å²) in [7, 11) is 0. The number of hydrogen-bond donors (Lipinski definition) is 2. The van der Waals surface area contributed by atoms with Crippen LogP contribution in [0.15, 0.2) is 12.3 Å². The molecular weight excluding hydrogens is 318 g/mol. The number of nitrogens with one attached hydrogen (secondary N) is 2. The Hall–Kier alpha value is -1.89. The Bertz CT molecular complexity index is 580. The minimum Gasteiger partial charge on any atom is -0.351 e. The first-order valence-electron chi connectivity index (χ1n) is 9.56. The van der Waals surface area contributed by atoms with E-state index in [1.54, 1.807) is 6.07 Å². The summed E-state index contributed by atoms with van der Waals surface area (Å²) in [5.74, 6) is 0.119. The van der Waals surface area contributed by atoms with Gasteiger partial charge >= 0.3 is 0 Å². The molecule has 0 aromatic carbocycles. The van der Waals surface area contributed by atoms with Gasteiger partial charge in [0.2, 0.25) is 5.91 Å². The molecule has 0 saturated carbocycles. The molecule has 2 amide bonds. The zero-order chi connectivity index (χ0) is 17.5. The molecular formula is C18H29N5O2. The molecule has 138 valence electrons. The molecule has 2 N–H and O–H groups in total. The minimum atomic E-state index is -0.135. The number of carbonyl (C=O) groups is 2. The highest BCUT2D eigenvalue weighted by Gasteiger charge is 2.18. The third-order valence-electron chi connectivity index (χ3n) is 5.05. The maximum Gasteiger partial charge on any atom is 0.271 e. The summed E-state index contributed by atoms with van der Waals surface area (Å²) < 4.78 is 1.90. The van der Waals surface area contributed by atoms with E-state index in [1.807, 2.05) is 15.8 Å². The van der Waals surface area contributed by atoms with E-state index in [2.05, 4.69) is 15.7 Å². The topological polar surface area (TPSA) is 79.3 Å². The molecule has 2 aliphatic rings. The second-order valence-corrected chi connectivity index (χ2v) is 6.98. The van der Waals surface area contributed by atoms with Crippen LogP contribution in [0.1, 0.15) is 61.5 Å². The van der Waals surface area contributed by atoms with Crippen LogP contribution in [0.5, 0.6) is 0 Å². The first kappa shape index (κ1) is 17.9. The number of nitrogens with zero attached hydrogens (tertiary/aromatic N) is 3. The number of piperidine rings is 1. The molecule has 0 bridgehead atoms. The summed E-state index contributed by atoms with van der Waals surface area (Å²) in [5, 5.41) is 10.7. The lowest BCUT2D eigenvalue weighted by atomic mass is 10.1. The van der Waals surface area contributed by atoms with Gasteiger partial charge in [-0.25, -0.2) is 0 Å². The average molecular weight is 347 g/mol. The smallest absolute Gasteiger partial charge is 0.271 e. The van der Waals surface area contributed by atoms with Crippen molar-refractivity contribution in [2.45, 2.75) is 51.0 Å². The Morgan fingerprint density at radius 1 is 1.32 bits per heavy atom. The second-order valence-electron chi connectivity index (χ2n) is 6.98. The number of rotatable bonds is 6. The van der Waals surface area contributed by atoms with Gasteiger partial charge in [-0.05, 0) is 44.7 Å². The van der Waals surface area contributed by atoms with Crippen molar-refractivity contribution >= 4 is 11.8 Å². The van der Waals surface area contributed by atoms with E-state index in [4.69, 9.17) is 0 Å². The van der Waals surface area contributed by atoms with Crippen molar-refractivity contribution in [3.05, 3.63) is 18.0 Å². The molecule has 1 unspecified atom stereocenters. The minimum absolute atomic E-state index is 0.135. The highest BCUT2D eigenvalue weighted by atomic mass is 16.2. The van der Waals surface area contributed by atoms with Crippen LogP contribution in [0.2, 0.25) is 0 Å². The highest BCUT2D eigenvalue weighted by molar-refractivity contribution is 5.92. The monoisotopic (exact) mass is 347 g/mol. The molecule has 0 radical (unpaired) electrons. The van der Waals surface area contributed by atoms with Gasteiger partial charge in [0, 0.05) is 38.8 Å². The molecule has 0 aliphatic carbocycles. The number of hydrogen-bond acceptors (Lipinski definition) is 4. The predicted octanol–water partition coefficient (Wildman–Crippen LogP) is 1.33. The number of amides is 2. The maximum atomic E-state index is 12.2. The standard InChI is InChI=1S/C18H29N5O2/c24-17-7-2-1-3-11-22(17)12-5-10-20-18(25)16-8-13-23(21-16)15-6-4-9-19-14-15/h8,13,15,19H,1-7,9-12,14H2,(H,20,25). The maximum absolute atomic E-state index is 12.2. The molecule has 3 rings (SSSR count). The Labute approximate surface area is 149 Å². The Morgan fingerprint density at radius 2 is 2.24 bits per heavy atom. The van der Waals surface area contributed by atoms with Crippen LogP contribution in [-0.4, -0.2) is 59.2 Å². The number of carbonyl (C=O) groups excluding carboxylic acids is 2. The van der Waals surface area contributed by atoms with Crippen LogP contribution in [-0.2, 0) is 4.79 Å². The molecule has 2 saturated heterocycles. The van der Waals surface area contributed by atoms with Gasteiger partial charge in [-0.1, -0.05) is 6.42 Å². The van der Waals surface area contributed by atoms with E-state index in [1.165, 1.54) is 0 Å². The van der Waals surface area contributed by atoms with Gasteiger partial charge < -0.3 is 15.5 Å². The molecule has 3 heterocycles. The number of likely N-dealkylation sites (tertiary alicyclic amines) is 1. The highest BCUT2D eigenvalue weighted by Crippen LogP contribution is 2.15. The van der Waals surface area contributed by atoms with Crippen LogP contribution in [0.25, 0.3) is 0 Å². The van der Waals surface area contributed by atoms with Gasteiger partial charge in [0.05, 0.1) is 6.04 Å². The average Bonchev–Trinajstić information content (AvgIpc) is 3.05. The van der Waals surface area contributed by atoms with Crippen molar-refractivity contribution in [2.24, 2.45) is 0 Å². The quantitative estimate of drug-likeness (QED) is 0.761. The Balaban J connectivity index is 1.40. The van der Waals surface area contributed by atoms with Crippen LogP contribution in [0.3, 0.4) is 0 Å². The summed E-state index contributed by atoms with van der Waals surface area (Å²) >= 11 is 0. The molecule has 2 aliphatic heterocycles. The van der Waals surface area contributed by atoms with Gasteiger partial charge in [0.25, 0.3) is 5.91 Å². The van der Waals surface area contributed by atoms with Crippen molar-refractivity contribution in [3.63, 3.8) is 0 Å². The predicted molar refractivity (Wildman–Crippen MR) is 95.4 cm³/mol. The fourth-order valence-electron chi connectivity index (χ4n) is 3.56. The largest absolute Gasteiger partial charge is 0.351 e. The normalized spacial score (nSPS) is 21.8. The molecule has 25 heavy (non-hydrogen) atoms. The Kier molecular flexibility index (Phi) is 6.44. The zero-order valence-corrected chi connectivity index (χ0v) is 14.9. The molecule has 2 fully saturated rings. The first-order chi connectivity index (χ1) is 12.2. The molecule has 1 aromatic heterocycles. The lowest BCUT2D eigenvalue weighted by Crippen LogP contribution is -2.34. The van der Waals surface area contributed by atoms with Gasteiger partial charge in [-0.15, -0.1) is 0 Å². The summed E-state index contributed by atoms with van der Waals surface area (Å²) in [4.78, 5) is 26.1. The van der Waals surface area contributed by atoms with Crippen molar-refractivity contribution in [3.8, 4) is 0 Å². The molecule has 1 aromatic rings. The van der Waals surface area contributed by atoms with Gasteiger partial charge in [-0.3, -0.25) is 14.3 Å². The van der Waals surface area contributed by atoms with E-state index in [0.29, 0.717) is 24.7 Å². The fraction of sp³-hybridized carbons (Fsp3) is 0.722. The van der Waals surface area contributed by atoms with E-state index in [9.17, 15) is 9.59 Å². The van der Waals surface area contributed by atoms with Crippen LogP contribution >= 0.6 is 0 Å². The van der Waals surface area contributed by atoms with E-state index >= 15 is 0 Å². The molecule has 7 nitrogen and oxygen atoms in total. The number of aromatic nitrogens is 2. The third-order valence-corrected chi connectivity index (χ3v) is 5.05. The molecule has 7 heteroatoms. The van der Waals surface area contributed by atoms with Gasteiger partial charge in [0.1, 0.15) is 5.69 Å². The van der Waals surface area contributed by atoms with Gasteiger partial charge in [-0.2, -0.15) is 5.10 Å². The van der Waals surface area contributed by atoms with Crippen molar-refractivity contribution in [1.82, 2.24) is 25.3 Å². The SMILES string of the molecule is O=C(NCCCN1CCCCCC1=O)c1ccn(C2CCCNC2)n1. The fourth-order valence-corrected chi connectivity index (χ4v) is 3.56. The molecule has 1 atom stereocenters. The summed E-state index contributed by atoms with van der Waals surface area (Å²) in [5.41, 5.74) is 0.469. The second kappa shape index (κ2) is 8.99. The first-order valence-corrected chi connectivity index (χ1v) is 9.56. The van der Waals surface area contributed by atoms with Crippen molar-refractivity contribution in [1.29, 1.82) is 0 Å². The van der Waals surface area contributed by atoms with Crippen LogP contribution in [0.4, 0.5) is 0 Å². The molecule has 0 spiro atoms. The van der Waals surface area contributed by atoms with Crippen LogP contribution < -0.4 is 10.6 Å². The van der Waals surface area contributed by atoms with Crippen LogP contribution in [0, 0.1) is 0 Å². The summed E-state index contributed by atoms with van der Waals surface area (Å²) in [6.07, 6.45) is 8.81.